The molecule has 1 aliphatic rings. The van der Waals surface area contributed by atoms with Crippen LogP contribution in [-0.2, 0) is 4.74 Å². The van der Waals surface area contributed by atoms with Gasteiger partial charge >= 0.3 is 0 Å². The molecule has 5 N–H and O–H groups in total. The van der Waals surface area contributed by atoms with Crippen molar-refractivity contribution in [3.05, 3.63) is 29.4 Å². The SMILES string of the molecule is OC[C@H]1O[C@H](Oc2c[nH]c3cc(Cl)ccc23)[C@@H](O)[C@@H](O)[C@@H]1O. The fourth-order valence-corrected chi connectivity index (χ4v) is 2.63. The van der Waals surface area contributed by atoms with Crippen LogP contribution in [0.4, 0.5) is 0 Å². The average Bonchev–Trinajstić information content (AvgIpc) is 2.90. The number of aromatic amines is 1. The molecule has 0 amide bonds. The minimum atomic E-state index is -1.48. The molecular formula is C14H16ClNO6. The first-order valence-electron chi connectivity index (χ1n) is 6.75. The molecule has 0 bridgehead atoms. The molecule has 120 valence electrons. The second kappa shape index (κ2) is 6.04. The molecule has 0 spiro atoms. The molecule has 1 saturated heterocycles. The second-order valence-electron chi connectivity index (χ2n) is 5.16. The molecule has 2 aromatic rings. The van der Waals surface area contributed by atoms with E-state index in [2.05, 4.69) is 4.98 Å². The van der Waals surface area contributed by atoms with Crippen molar-refractivity contribution in [1.82, 2.24) is 4.98 Å². The number of aromatic nitrogens is 1. The Hall–Kier alpha value is -1.35. The smallest absolute Gasteiger partial charge is 0.229 e. The van der Waals surface area contributed by atoms with E-state index in [9.17, 15) is 15.3 Å². The Bertz CT molecular complexity index is 660. The second-order valence-corrected chi connectivity index (χ2v) is 5.59. The van der Waals surface area contributed by atoms with Crippen molar-refractivity contribution in [3.8, 4) is 5.75 Å². The van der Waals surface area contributed by atoms with E-state index in [0.29, 0.717) is 10.8 Å². The number of ether oxygens (including phenoxy) is 2. The van der Waals surface area contributed by atoms with Gasteiger partial charge in [0.25, 0.3) is 0 Å². The van der Waals surface area contributed by atoms with Crippen molar-refractivity contribution in [2.45, 2.75) is 30.7 Å². The summed E-state index contributed by atoms with van der Waals surface area (Å²) < 4.78 is 10.9. The molecule has 2 heterocycles. The maximum atomic E-state index is 9.96. The fraction of sp³-hybridized carbons (Fsp3) is 0.429. The molecule has 8 heteroatoms. The molecule has 1 aliphatic heterocycles. The van der Waals surface area contributed by atoms with Crippen LogP contribution in [0.2, 0.25) is 5.02 Å². The van der Waals surface area contributed by atoms with Gasteiger partial charge in [0.1, 0.15) is 30.2 Å². The first-order chi connectivity index (χ1) is 10.5. The van der Waals surface area contributed by atoms with Crippen molar-refractivity contribution < 1.29 is 29.9 Å². The van der Waals surface area contributed by atoms with Gasteiger partial charge in [-0.2, -0.15) is 0 Å². The summed E-state index contributed by atoms with van der Waals surface area (Å²) >= 11 is 5.90. The van der Waals surface area contributed by atoms with E-state index in [1.807, 2.05) is 0 Å². The monoisotopic (exact) mass is 329 g/mol. The van der Waals surface area contributed by atoms with Gasteiger partial charge in [0.2, 0.25) is 6.29 Å². The first-order valence-corrected chi connectivity index (χ1v) is 7.13. The quantitative estimate of drug-likeness (QED) is 0.541. The van der Waals surface area contributed by atoms with Gasteiger partial charge in [-0.3, -0.25) is 0 Å². The van der Waals surface area contributed by atoms with E-state index in [1.165, 1.54) is 0 Å². The summed E-state index contributed by atoms with van der Waals surface area (Å²) in [5.74, 6) is 0.399. The van der Waals surface area contributed by atoms with Gasteiger partial charge < -0.3 is 34.9 Å². The third-order valence-electron chi connectivity index (χ3n) is 3.70. The van der Waals surface area contributed by atoms with Crippen LogP contribution in [0.1, 0.15) is 0 Å². The van der Waals surface area contributed by atoms with Crippen LogP contribution >= 0.6 is 11.6 Å². The Kier molecular flexibility index (Phi) is 4.26. The Morgan fingerprint density at radius 3 is 2.68 bits per heavy atom. The summed E-state index contributed by atoms with van der Waals surface area (Å²) in [5.41, 5.74) is 0.743. The average molecular weight is 330 g/mol. The van der Waals surface area contributed by atoms with E-state index in [0.717, 1.165) is 10.9 Å². The van der Waals surface area contributed by atoms with Crippen LogP contribution in [-0.4, -0.2) is 62.7 Å². The number of fused-ring (bicyclic) bond motifs is 1. The predicted molar refractivity (Wildman–Crippen MR) is 77.7 cm³/mol. The first kappa shape index (κ1) is 15.5. The maximum absolute atomic E-state index is 9.96. The van der Waals surface area contributed by atoms with Crippen LogP contribution in [0.15, 0.2) is 24.4 Å². The molecule has 3 rings (SSSR count). The molecule has 1 aromatic carbocycles. The lowest BCUT2D eigenvalue weighted by Gasteiger charge is -2.39. The summed E-state index contributed by atoms with van der Waals surface area (Å²) in [4.78, 5) is 2.97. The lowest BCUT2D eigenvalue weighted by molar-refractivity contribution is -0.277. The minimum Gasteiger partial charge on any atom is -0.460 e. The Labute approximate surface area is 130 Å². The lowest BCUT2D eigenvalue weighted by atomic mass is 9.99. The highest BCUT2D eigenvalue weighted by Gasteiger charge is 2.44. The zero-order valence-electron chi connectivity index (χ0n) is 11.4. The van der Waals surface area contributed by atoms with Gasteiger partial charge in [-0.05, 0) is 18.2 Å². The Balaban J connectivity index is 1.84. The summed E-state index contributed by atoms with van der Waals surface area (Å²) in [6.07, 6.45) is -5.00. The van der Waals surface area contributed by atoms with Crippen LogP contribution in [0.5, 0.6) is 5.75 Å². The zero-order chi connectivity index (χ0) is 15.9. The van der Waals surface area contributed by atoms with Crippen LogP contribution in [0, 0.1) is 0 Å². The van der Waals surface area contributed by atoms with Crippen molar-refractivity contribution in [2.24, 2.45) is 0 Å². The number of nitrogens with one attached hydrogen (secondary N) is 1. The number of halogens is 1. The molecule has 22 heavy (non-hydrogen) atoms. The largest absolute Gasteiger partial charge is 0.460 e. The van der Waals surface area contributed by atoms with E-state index in [-0.39, 0.29) is 0 Å². The number of hydrogen-bond donors (Lipinski definition) is 5. The van der Waals surface area contributed by atoms with Gasteiger partial charge in [0.05, 0.1) is 12.1 Å². The van der Waals surface area contributed by atoms with Crippen molar-refractivity contribution in [3.63, 3.8) is 0 Å². The normalized spacial score (nSPS) is 32.3. The number of aliphatic hydroxyl groups excluding tert-OH is 4. The van der Waals surface area contributed by atoms with Crippen LogP contribution in [0.25, 0.3) is 10.9 Å². The van der Waals surface area contributed by atoms with E-state index in [4.69, 9.17) is 26.2 Å². The Morgan fingerprint density at radius 2 is 1.95 bits per heavy atom. The summed E-state index contributed by atoms with van der Waals surface area (Å²) in [7, 11) is 0. The number of rotatable bonds is 3. The van der Waals surface area contributed by atoms with Gasteiger partial charge in [0, 0.05) is 16.6 Å². The van der Waals surface area contributed by atoms with Gasteiger partial charge in [-0.1, -0.05) is 11.6 Å². The molecule has 1 aromatic heterocycles. The van der Waals surface area contributed by atoms with Crippen molar-refractivity contribution in [2.75, 3.05) is 6.61 Å². The molecule has 0 aliphatic carbocycles. The highest BCUT2D eigenvalue weighted by atomic mass is 35.5. The lowest BCUT2D eigenvalue weighted by Crippen LogP contribution is -2.60. The van der Waals surface area contributed by atoms with Crippen molar-refractivity contribution >= 4 is 22.5 Å². The third-order valence-corrected chi connectivity index (χ3v) is 3.93. The fourth-order valence-electron chi connectivity index (χ4n) is 2.46. The number of hydrogen-bond acceptors (Lipinski definition) is 6. The van der Waals surface area contributed by atoms with Gasteiger partial charge in [-0.25, -0.2) is 0 Å². The van der Waals surface area contributed by atoms with Gasteiger partial charge in [0.15, 0.2) is 0 Å². The molecule has 5 atom stereocenters. The molecule has 0 radical (unpaired) electrons. The van der Waals surface area contributed by atoms with E-state index >= 15 is 0 Å². The molecule has 7 nitrogen and oxygen atoms in total. The summed E-state index contributed by atoms with van der Waals surface area (Å²) in [6.45, 7) is -0.506. The third kappa shape index (κ3) is 2.67. The maximum Gasteiger partial charge on any atom is 0.229 e. The van der Waals surface area contributed by atoms with E-state index in [1.54, 1.807) is 24.4 Å². The number of aliphatic hydroxyl groups is 4. The molecular weight excluding hydrogens is 314 g/mol. The minimum absolute atomic E-state index is 0.399. The molecule has 0 unspecified atom stereocenters. The molecule has 0 saturated carbocycles. The topological polar surface area (TPSA) is 115 Å². The zero-order valence-corrected chi connectivity index (χ0v) is 12.1. The van der Waals surface area contributed by atoms with E-state index < -0.39 is 37.3 Å². The molecule has 1 fully saturated rings. The van der Waals surface area contributed by atoms with Crippen LogP contribution in [0.3, 0.4) is 0 Å². The summed E-state index contributed by atoms with van der Waals surface area (Å²) in [6, 6.07) is 5.16. The summed E-state index contributed by atoms with van der Waals surface area (Å²) in [5, 5.41) is 39.9. The van der Waals surface area contributed by atoms with Gasteiger partial charge in [-0.15, -0.1) is 0 Å². The Morgan fingerprint density at radius 1 is 1.18 bits per heavy atom. The van der Waals surface area contributed by atoms with Crippen LogP contribution < -0.4 is 4.74 Å². The van der Waals surface area contributed by atoms with Crippen molar-refractivity contribution in [1.29, 1.82) is 0 Å². The standard InChI is InChI=1S/C14H16ClNO6/c15-6-1-2-7-8(3-6)16-4-9(7)21-14-13(20)12(19)11(18)10(5-17)22-14/h1-4,10-14,16-20H,5H2/t10-,11-,12+,13+,14+/m1/s1. The highest BCUT2D eigenvalue weighted by molar-refractivity contribution is 6.31. The highest BCUT2D eigenvalue weighted by Crippen LogP contribution is 2.31. The predicted octanol–water partition coefficient (Wildman–Crippen LogP) is -0.000000000000000278. The number of benzene rings is 1. The number of H-pyrrole nitrogens is 1.